The Labute approximate surface area is 172 Å². The minimum atomic E-state index is -3.35. The molecule has 1 aromatic carbocycles. The maximum Gasteiger partial charge on any atom is 0.243 e. The normalized spacial score (nSPS) is 17.3. The maximum absolute atomic E-state index is 12.4. The van der Waals surface area contributed by atoms with E-state index in [0.29, 0.717) is 22.9 Å². The monoisotopic (exact) mass is 423 g/mol. The first-order chi connectivity index (χ1) is 13.3. The second-order valence-electron chi connectivity index (χ2n) is 6.62. The van der Waals surface area contributed by atoms with Crippen LogP contribution in [-0.4, -0.2) is 43.2 Å². The van der Waals surface area contributed by atoms with Crippen LogP contribution >= 0.6 is 11.6 Å². The molecule has 1 aliphatic rings. The second-order valence-corrected chi connectivity index (χ2v) is 8.95. The van der Waals surface area contributed by atoms with Crippen LogP contribution in [0.3, 0.4) is 0 Å². The van der Waals surface area contributed by atoms with Gasteiger partial charge in [-0.25, -0.2) is 8.42 Å². The van der Waals surface area contributed by atoms with E-state index in [0.717, 1.165) is 24.8 Å². The van der Waals surface area contributed by atoms with Gasteiger partial charge < -0.3 is 5.32 Å². The highest BCUT2D eigenvalue weighted by molar-refractivity contribution is 7.89. The Hall–Kier alpha value is -1.96. The Balaban J connectivity index is 0.000000221. The first-order valence-electron chi connectivity index (χ1n) is 9.21. The Morgan fingerprint density at radius 1 is 1.18 bits per heavy atom. The summed E-state index contributed by atoms with van der Waals surface area (Å²) in [6, 6.07) is 10.1. The zero-order chi connectivity index (χ0) is 20.6. The summed E-state index contributed by atoms with van der Waals surface area (Å²) in [5, 5.41) is 3.11. The molecule has 1 fully saturated rings. The molecular weight excluding hydrogens is 398 g/mol. The minimum absolute atomic E-state index is 0.0243. The predicted molar refractivity (Wildman–Crippen MR) is 111 cm³/mol. The van der Waals surface area contributed by atoms with Crippen molar-refractivity contribution in [2.75, 3.05) is 13.6 Å². The van der Waals surface area contributed by atoms with Gasteiger partial charge in [0.15, 0.2) is 0 Å². The molecular formula is C20H26ClN3O3S. The molecule has 1 aliphatic heterocycles. The molecule has 3 rings (SSSR count). The molecule has 0 radical (unpaired) electrons. The molecule has 0 unspecified atom stereocenters. The van der Waals surface area contributed by atoms with Crippen molar-refractivity contribution in [2.24, 2.45) is 0 Å². The highest BCUT2D eigenvalue weighted by Crippen LogP contribution is 2.25. The van der Waals surface area contributed by atoms with Crippen LogP contribution in [0.25, 0.3) is 0 Å². The van der Waals surface area contributed by atoms with Gasteiger partial charge in [-0.1, -0.05) is 18.0 Å². The van der Waals surface area contributed by atoms with Crippen molar-refractivity contribution in [1.82, 2.24) is 14.6 Å². The van der Waals surface area contributed by atoms with E-state index in [1.165, 1.54) is 0 Å². The SMILES string of the molecule is CNC(=O)Cc1ccncc1.C[C@@H]1CCCCN1S(=O)(=O)c1ccc(Cl)cc1. The lowest BCUT2D eigenvalue weighted by Gasteiger charge is -2.32. The number of hydrogen-bond acceptors (Lipinski definition) is 4. The summed E-state index contributed by atoms with van der Waals surface area (Å²) in [5.74, 6) is 0.0243. The fourth-order valence-corrected chi connectivity index (χ4v) is 4.77. The standard InChI is InChI=1S/C12H16ClNO2S.C8H10N2O/c1-10-4-2-3-9-14(10)17(15,16)12-7-5-11(13)6-8-12;1-9-8(11)6-7-2-4-10-5-3-7/h5-8,10H,2-4,9H2,1H3;2-5H,6H2,1H3,(H,9,11)/t10-;/m1./s1. The Bertz CT molecular complexity index is 858. The molecule has 152 valence electrons. The van der Waals surface area contributed by atoms with Gasteiger partial charge in [0.2, 0.25) is 15.9 Å². The van der Waals surface area contributed by atoms with E-state index in [1.54, 1.807) is 48.0 Å². The highest BCUT2D eigenvalue weighted by Gasteiger charge is 2.30. The number of piperidine rings is 1. The van der Waals surface area contributed by atoms with E-state index in [2.05, 4.69) is 10.3 Å². The van der Waals surface area contributed by atoms with E-state index in [1.807, 2.05) is 19.1 Å². The fourth-order valence-electron chi connectivity index (χ4n) is 2.95. The molecule has 1 atom stereocenters. The topological polar surface area (TPSA) is 79.4 Å². The number of carbonyl (C=O) groups excluding carboxylic acids is 1. The third kappa shape index (κ3) is 6.29. The van der Waals surface area contributed by atoms with Crippen molar-refractivity contribution < 1.29 is 13.2 Å². The number of nitrogens with zero attached hydrogens (tertiary/aromatic N) is 2. The van der Waals surface area contributed by atoms with Gasteiger partial charge >= 0.3 is 0 Å². The average molecular weight is 424 g/mol. The number of sulfonamides is 1. The summed E-state index contributed by atoms with van der Waals surface area (Å²) in [4.78, 5) is 15.0. The first kappa shape index (κ1) is 22.3. The molecule has 0 bridgehead atoms. The third-order valence-corrected chi connectivity index (χ3v) is 6.83. The summed E-state index contributed by atoms with van der Waals surface area (Å²) < 4.78 is 26.4. The summed E-state index contributed by atoms with van der Waals surface area (Å²) in [6.07, 6.45) is 6.77. The summed E-state index contributed by atoms with van der Waals surface area (Å²) >= 11 is 5.77. The summed E-state index contributed by atoms with van der Waals surface area (Å²) in [6.45, 7) is 2.58. The number of nitrogens with one attached hydrogen (secondary N) is 1. The van der Waals surface area contributed by atoms with Crippen LogP contribution in [0.1, 0.15) is 31.7 Å². The number of halogens is 1. The van der Waals surface area contributed by atoms with Crippen molar-refractivity contribution in [3.63, 3.8) is 0 Å². The van der Waals surface area contributed by atoms with Crippen LogP contribution in [0.4, 0.5) is 0 Å². The lowest BCUT2D eigenvalue weighted by Crippen LogP contribution is -2.41. The van der Waals surface area contributed by atoms with Crippen LogP contribution in [0.5, 0.6) is 0 Å². The Kier molecular flexibility index (Phi) is 8.41. The van der Waals surface area contributed by atoms with Crippen molar-refractivity contribution in [3.05, 3.63) is 59.4 Å². The highest BCUT2D eigenvalue weighted by atomic mass is 35.5. The average Bonchev–Trinajstić information content (AvgIpc) is 2.70. The van der Waals surface area contributed by atoms with E-state index >= 15 is 0 Å². The van der Waals surface area contributed by atoms with Gasteiger partial charge in [-0.05, 0) is 61.7 Å². The number of benzene rings is 1. The van der Waals surface area contributed by atoms with Gasteiger partial charge in [0.05, 0.1) is 11.3 Å². The van der Waals surface area contributed by atoms with Gasteiger partial charge in [0, 0.05) is 37.1 Å². The smallest absolute Gasteiger partial charge is 0.243 e. The number of carbonyl (C=O) groups is 1. The molecule has 1 amide bonds. The van der Waals surface area contributed by atoms with Gasteiger partial charge in [0.1, 0.15) is 0 Å². The quantitative estimate of drug-likeness (QED) is 0.818. The number of hydrogen-bond donors (Lipinski definition) is 1. The molecule has 1 N–H and O–H groups in total. The van der Waals surface area contributed by atoms with Gasteiger partial charge in [-0.2, -0.15) is 4.31 Å². The van der Waals surface area contributed by atoms with E-state index in [4.69, 9.17) is 11.6 Å². The summed E-state index contributed by atoms with van der Waals surface area (Å²) in [7, 11) is -1.72. The van der Waals surface area contributed by atoms with E-state index in [9.17, 15) is 13.2 Å². The van der Waals surface area contributed by atoms with Crippen molar-refractivity contribution in [2.45, 2.75) is 43.5 Å². The number of amides is 1. The summed E-state index contributed by atoms with van der Waals surface area (Å²) in [5.41, 5.74) is 0.986. The van der Waals surface area contributed by atoms with E-state index < -0.39 is 10.0 Å². The maximum atomic E-state index is 12.4. The number of pyridine rings is 1. The molecule has 1 aromatic heterocycles. The van der Waals surface area contributed by atoms with Crippen LogP contribution < -0.4 is 5.32 Å². The van der Waals surface area contributed by atoms with Crippen LogP contribution in [0.15, 0.2) is 53.7 Å². The van der Waals surface area contributed by atoms with Crippen molar-refractivity contribution in [3.8, 4) is 0 Å². The Morgan fingerprint density at radius 2 is 1.82 bits per heavy atom. The van der Waals surface area contributed by atoms with Crippen LogP contribution in [0.2, 0.25) is 5.02 Å². The van der Waals surface area contributed by atoms with E-state index in [-0.39, 0.29) is 11.9 Å². The number of rotatable bonds is 4. The first-order valence-corrected chi connectivity index (χ1v) is 11.0. The molecule has 1 saturated heterocycles. The second kappa shape index (κ2) is 10.5. The Morgan fingerprint density at radius 3 is 2.39 bits per heavy atom. The minimum Gasteiger partial charge on any atom is -0.359 e. The third-order valence-electron chi connectivity index (χ3n) is 4.56. The van der Waals surface area contributed by atoms with Gasteiger partial charge in [0.25, 0.3) is 0 Å². The predicted octanol–water partition coefficient (Wildman–Crippen LogP) is 3.27. The van der Waals surface area contributed by atoms with Crippen molar-refractivity contribution >= 4 is 27.5 Å². The molecule has 0 saturated carbocycles. The zero-order valence-corrected chi connectivity index (χ0v) is 17.7. The molecule has 0 aliphatic carbocycles. The van der Waals surface area contributed by atoms with Crippen molar-refractivity contribution in [1.29, 1.82) is 0 Å². The molecule has 2 aromatic rings. The molecule has 0 spiro atoms. The van der Waals surface area contributed by atoms with Gasteiger partial charge in [-0.15, -0.1) is 0 Å². The van der Waals surface area contributed by atoms with Crippen LogP contribution in [0, 0.1) is 0 Å². The zero-order valence-electron chi connectivity index (χ0n) is 16.1. The molecule has 28 heavy (non-hydrogen) atoms. The molecule has 2 heterocycles. The lowest BCUT2D eigenvalue weighted by molar-refractivity contribution is -0.119. The fraction of sp³-hybridized carbons (Fsp3) is 0.400. The lowest BCUT2D eigenvalue weighted by atomic mass is 10.1. The van der Waals surface area contributed by atoms with Crippen LogP contribution in [-0.2, 0) is 21.2 Å². The number of aromatic nitrogens is 1. The van der Waals surface area contributed by atoms with Gasteiger partial charge in [-0.3, -0.25) is 9.78 Å². The molecule has 6 nitrogen and oxygen atoms in total. The largest absolute Gasteiger partial charge is 0.359 e. The number of likely N-dealkylation sites (N-methyl/N-ethyl adjacent to an activating group) is 1. The molecule has 8 heteroatoms.